The number of guanidine groups is 1. The van der Waals surface area contributed by atoms with Crippen molar-refractivity contribution in [1.29, 1.82) is 0 Å². The minimum absolute atomic E-state index is 0. The summed E-state index contributed by atoms with van der Waals surface area (Å²) in [5, 5.41) is 7.73. The van der Waals surface area contributed by atoms with Crippen molar-refractivity contribution in [2.45, 2.75) is 33.2 Å². The average molecular weight is 522 g/mol. The maximum absolute atomic E-state index is 5.91. The number of rotatable bonds is 8. The van der Waals surface area contributed by atoms with Crippen LogP contribution in [0.4, 0.5) is 0 Å². The molecule has 0 aliphatic rings. The van der Waals surface area contributed by atoms with Crippen LogP contribution in [0.15, 0.2) is 65.8 Å². The van der Waals surface area contributed by atoms with E-state index in [9.17, 15) is 0 Å². The predicted octanol–water partition coefficient (Wildman–Crippen LogP) is 4.65. The van der Waals surface area contributed by atoms with Gasteiger partial charge in [-0.1, -0.05) is 54.6 Å². The molecule has 0 unspecified atom stereocenters. The normalized spacial score (nSPS) is 11.0. The molecule has 2 aromatic carbocycles. The van der Waals surface area contributed by atoms with Crippen LogP contribution in [0.5, 0.6) is 0 Å². The molecule has 7 heteroatoms. The second-order valence-electron chi connectivity index (χ2n) is 6.39. The van der Waals surface area contributed by atoms with Crippen LogP contribution in [0, 0.1) is 6.92 Å². The molecule has 0 radical (unpaired) electrons. The molecule has 0 amide bonds. The zero-order valence-corrected chi connectivity index (χ0v) is 19.9. The van der Waals surface area contributed by atoms with E-state index < -0.39 is 0 Å². The van der Waals surface area contributed by atoms with E-state index in [4.69, 9.17) is 4.74 Å². The second kappa shape index (κ2) is 12.6. The minimum Gasteiger partial charge on any atom is -0.372 e. The SMILES string of the molecule is CN=C(NCc1ncc(C)s1)NCc1ccccc1COCc1ccccc1.I. The highest BCUT2D eigenvalue weighted by Gasteiger charge is 2.05. The van der Waals surface area contributed by atoms with Gasteiger partial charge in [0.25, 0.3) is 0 Å². The number of nitrogens with one attached hydrogen (secondary N) is 2. The summed E-state index contributed by atoms with van der Waals surface area (Å²) in [5.74, 6) is 0.757. The highest BCUT2D eigenvalue weighted by Crippen LogP contribution is 2.12. The van der Waals surface area contributed by atoms with Crippen molar-refractivity contribution in [3.05, 3.63) is 87.4 Å². The van der Waals surface area contributed by atoms with E-state index in [-0.39, 0.29) is 24.0 Å². The van der Waals surface area contributed by atoms with Gasteiger partial charge in [-0.2, -0.15) is 0 Å². The number of nitrogens with zero attached hydrogens (tertiary/aromatic N) is 2. The van der Waals surface area contributed by atoms with Crippen LogP contribution in [0.25, 0.3) is 0 Å². The third kappa shape index (κ3) is 7.75. The number of ether oxygens (including phenoxy) is 1. The standard InChI is InChI=1S/C22H26N4OS.HI/c1-17-12-24-21(28-17)14-26-22(23-2)25-13-19-10-6-7-11-20(19)16-27-15-18-8-4-3-5-9-18;/h3-12H,13-16H2,1-2H3,(H2,23,25,26);1H. The molecule has 0 fully saturated rings. The molecular formula is C22H27IN4OS. The monoisotopic (exact) mass is 522 g/mol. The molecule has 1 heterocycles. The van der Waals surface area contributed by atoms with Crippen molar-refractivity contribution in [3.8, 4) is 0 Å². The fourth-order valence-electron chi connectivity index (χ4n) is 2.77. The van der Waals surface area contributed by atoms with E-state index in [2.05, 4.69) is 51.8 Å². The lowest BCUT2D eigenvalue weighted by molar-refractivity contribution is 0.106. The molecule has 0 aliphatic heterocycles. The van der Waals surface area contributed by atoms with Crippen LogP contribution in [0.1, 0.15) is 26.6 Å². The Hall–Kier alpha value is -1.97. The van der Waals surface area contributed by atoms with Gasteiger partial charge in [0.1, 0.15) is 5.01 Å². The molecule has 5 nitrogen and oxygen atoms in total. The number of benzene rings is 2. The molecule has 2 N–H and O–H groups in total. The molecule has 1 aromatic heterocycles. The number of thiazole rings is 1. The van der Waals surface area contributed by atoms with E-state index in [1.807, 2.05) is 36.5 Å². The number of hydrogen-bond donors (Lipinski definition) is 2. The van der Waals surface area contributed by atoms with Gasteiger partial charge in [0.15, 0.2) is 5.96 Å². The van der Waals surface area contributed by atoms with Gasteiger partial charge >= 0.3 is 0 Å². The maximum Gasteiger partial charge on any atom is 0.191 e. The quantitative estimate of drug-likeness (QED) is 0.257. The molecule has 0 spiro atoms. The number of aromatic nitrogens is 1. The Morgan fingerprint density at radius 2 is 1.66 bits per heavy atom. The highest BCUT2D eigenvalue weighted by molar-refractivity contribution is 14.0. The molecule has 0 bridgehead atoms. The summed E-state index contributed by atoms with van der Waals surface area (Å²) in [6, 6.07) is 18.5. The summed E-state index contributed by atoms with van der Waals surface area (Å²) in [6.45, 7) is 4.60. The topological polar surface area (TPSA) is 58.5 Å². The molecule has 3 aromatic rings. The van der Waals surface area contributed by atoms with Crippen LogP contribution in [-0.4, -0.2) is 18.0 Å². The molecule has 0 atom stereocenters. The predicted molar refractivity (Wildman–Crippen MR) is 131 cm³/mol. The fourth-order valence-corrected chi connectivity index (χ4v) is 3.49. The first-order valence-electron chi connectivity index (χ1n) is 9.29. The third-order valence-electron chi connectivity index (χ3n) is 4.23. The van der Waals surface area contributed by atoms with Crippen LogP contribution in [0.2, 0.25) is 0 Å². The summed E-state index contributed by atoms with van der Waals surface area (Å²) >= 11 is 1.69. The summed E-state index contributed by atoms with van der Waals surface area (Å²) in [5.41, 5.74) is 3.56. The van der Waals surface area contributed by atoms with Gasteiger partial charge in [-0.05, 0) is 23.6 Å². The molecule has 0 aliphatic carbocycles. The molecule has 29 heavy (non-hydrogen) atoms. The first-order chi connectivity index (χ1) is 13.7. The summed E-state index contributed by atoms with van der Waals surface area (Å²) in [7, 11) is 1.78. The largest absolute Gasteiger partial charge is 0.372 e. The number of aliphatic imine (C=N–C) groups is 1. The lowest BCUT2D eigenvalue weighted by Crippen LogP contribution is -2.36. The smallest absolute Gasteiger partial charge is 0.191 e. The van der Waals surface area contributed by atoms with Gasteiger partial charge in [0, 0.05) is 24.7 Å². The van der Waals surface area contributed by atoms with Gasteiger partial charge in [0.05, 0.1) is 19.8 Å². The van der Waals surface area contributed by atoms with Gasteiger partial charge in [0.2, 0.25) is 0 Å². The Bertz CT molecular complexity index is 899. The van der Waals surface area contributed by atoms with Gasteiger partial charge < -0.3 is 15.4 Å². The Labute approximate surface area is 193 Å². The van der Waals surface area contributed by atoms with Crippen LogP contribution in [0.3, 0.4) is 0 Å². The van der Waals surface area contributed by atoms with Gasteiger partial charge in [-0.3, -0.25) is 4.99 Å². The molecule has 0 saturated heterocycles. The number of halogens is 1. The van der Waals surface area contributed by atoms with Crippen LogP contribution >= 0.6 is 35.3 Å². The lowest BCUT2D eigenvalue weighted by atomic mass is 10.1. The van der Waals surface area contributed by atoms with Crippen LogP contribution < -0.4 is 10.6 Å². The zero-order valence-electron chi connectivity index (χ0n) is 16.7. The van der Waals surface area contributed by atoms with E-state index in [1.165, 1.54) is 21.6 Å². The first kappa shape index (κ1) is 23.3. The number of aryl methyl sites for hydroxylation is 1. The number of hydrogen-bond acceptors (Lipinski definition) is 4. The van der Waals surface area contributed by atoms with Crippen molar-refractivity contribution >= 4 is 41.3 Å². The van der Waals surface area contributed by atoms with E-state index in [0.717, 1.165) is 11.0 Å². The van der Waals surface area contributed by atoms with E-state index in [1.54, 1.807) is 18.4 Å². The fraction of sp³-hybridized carbons (Fsp3) is 0.273. The molecule has 3 rings (SSSR count). The Kier molecular flexibility index (Phi) is 10.1. The van der Waals surface area contributed by atoms with Gasteiger partial charge in [-0.25, -0.2) is 4.98 Å². The Balaban J connectivity index is 0.00000300. The van der Waals surface area contributed by atoms with Crippen molar-refractivity contribution in [2.75, 3.05) is 7.05 Å². The Morgan fingerprint density at radius 1 is 0.966 bits per heavy atom. The summed E-state index contributed by atoms with van der Waals surface area (Å²) in [4.78, 5) is 9.88. The summed E-state index contributed by atoms with van der Waals surface area (Å²) < 4.78 is 5.91. The van der Waals surface area contributed by atoms with Crippen molar-refractivity contribution in [3.63, 3.8) is 0 Å². The van der Waals surface area contributed by atoms with Crippen molar-refractivity contribution in [2.24, 2.45) is 4.99 Å². The van der Waals surface area contributed by atoms with Gasteiger partial charge in [-0.15, -0.1) is 35.3 Å². The van der Waals surface area contributed by atoms with Crippen LogP contribution in [-0.2, 0) is 31.0 Å². The van der Waals surface area contributed by atoms with Crippen molar-refractivity contribution in [1.82, 2.24) is 15.6 Å². The average Bonchev–Trinajstić information content (AvgIpc) is 3.15. The minimum atomic E-state index is 0. The first-order valence-corrected chi connectivity index (χ1v) is 10.1. The highest BCUT2D eigenvalue weighted by atomic mass is 127. The Morgan fingerprint density at radius 3 is 2.34 bits per heavy atom. The summed E-state index contributed by atoms with van der Waals surface area (Å²) in [6.07, 6.45) is 1.89. The lowest BCUT2D eigenvalue weighted by Gasteiger charge is -2.14. The van der Waals surface area contributed by atoms with Crippen molar-refractivity contribution < 1.29 is 4.74 Å². The molecular weight excluding hydrogens is 495 g/mol. The second-order valence-corrected chi connectivity index (χ2v) is 7.71. The van der Waals surface area contributed by atoms with E-state index in [0.29, 0.717) is 26.3 Å². The maximum atomic E-state index is 5.91. The molecule has 0 saturated carbocycles. The van der Waals surface area contributed by atoms with E-state index >= 15 is 0 Å². The molecule has 154 valence electrons. The third-order valence-corrected chi connectivity index (χ3v) is 5.15. The zero-order chi connectivity index (χ0) is 19.6.